The number of hydrogen-bond donors (Lipinski definition) is 2. The minimum atomic E-state index is -0.660. The molecule has 108 valence electrons. The van der Waals surface area contributed by atoms with E-state index in [9.17, 15) is 5.11 Å². The number of aromatic nitrogens is 2. The van der Waals surface area contributed by atoms with Crippen LogP contribution in [0.5, 0.6) is 0 Å². The number of aromatic amines is 1. The van der Waals surface area contributed by atoms with Crippen LogP contribution in [0.1, 0.15) is 22.8 Å². The molecule has 0 saturated heterocycles. The summed E-state index contributed by atoms with van der Waals surface area (Å²) in [5.74, 6) is 0. The van der Waals surface area contributed by atoms with Gasteiger partial charge in [-0.3, -0.25) is 0 Å². The predicted octanol–water partition coefficient (Wildman–Crippen LogP) is 4.11. The van der Waals surface area contributed by atoms with Gasteiger partial charge < -0.3 is 10.1 Å². The van der Waals surface area contributed by atoms with E-state index in [1.807, 2.05) is 55.5 Å². The first kappa shape index (κ1) is 13.0. The molecule has 0 spiro atoms. The minimum absolute atomic E-state index is 0.660. The fraction of sp³-hybridized carbons (Fsp3) is 0.105. The molecule has 0 radical (unpaired) electrons. The van der Waals surface area contributed by atoms with Crippen LogP contribution in [0.2, 0.25) is 0 Å². The summed E-state index contributed by atoms with van der Waals surface area (Å²) in [7, 11) is 0. The molecule has 0 saturated carbocycles. The van der Waals surface area contributed by atoms with Gasteiger partial charge in [0, 0.05) is 28.0 Å². The number of para-hydroxylation sites is 1. The lowest BCUT2D eigenvalue weighted by atomic mass is 9.98. The zero-order chi connectivity index (χ0) is 15.1. The monoisotopic (exact) mass is 288 g/mol. The number of H-pyrrole nitrogens is 1. The third-order valence-electron chi connectivity index (χ3n) is 4.18. The molecule has 3 nitrogen and oxygen atoms in total. The summed E-state index contributed by atoms with van der Waals surface area (Å²) >= 11 is 0. The molecule has 1 atom stereocenters. The molecular formula is C19H16N2O. The highest BCUT2D eigenvalue weighted by molar-refractivity contribution is 6.05. The van der Waals surface area contributed by atoms with E-state index < -0.39 is 6.10 Å². The summed E-state index contributed by atoms with van der Waals surface area (Å²) < 4.78 is 0. The molecule has 4 rings (SSSR count). The predicted molar refractivity (Wildman–Crippen MR) is 88.8 cm³/mol. The summed E-state index contributed by atoms with van der Waals surface area (Å²) in [6.07, 6.45) is 1.08. The molecule has 0 aliphatic rings. The van der Waals surface area contributed by atoms with Crippen LogP contribution in [0.3, 0.4) is 0 Å². The van der Waals surface area contributed by atoms with Gasteiger partial charge >= 0.3 is 0 Å². The van der Waals surface area contributed by atoms with E-state index in [1.54, 1.807) is 6.20 Å². The van der Waals surface area contributed by atoms with Crippen LogP contribution < -0.4 is 0 Å². The number of aliphatic hydroxyl groups excluding tert-OH is 1. The molecule has 2 heterocycles. The Kier molecular flexibility index (Phi) is 2.94. The van der Waals surface area contributed by atoms with E-state index >= 15 is 0 Å². The maximum Gasteiger partial charge on any atom is 0.138 e. The first-order valence-corrected chi connectivity index (χ1v) is 7.34. The Morgan fingerprint density at radius 2 is 1.77 bits per heavy atom. The number of fused-ring (bicyclic) bond motifs is 3. The van der Waals surface area contributed by atoms with Crippen LogP contribution in [0, 0.1) is 6.92 Å². The number of aliphatic hydroxyl groups is 1. The highest BCUT2D eigenvalue weighted by Gasteiger charge is 2.15. The second-order valence-electron chi connectivity index (χ2n) is 5.59. The topological polar surface area (TPSA) is 48.9 Å². The van der Waals surface area contributed by atoms with Crippen molar-refractivity contribution >= 4 is 21.9 Å². The molecule has 0 aliphatic carbocycles. The van der Waals surface area contributed by atoms with E-state index in [1.165, 1.54) is 0 Å². The SMILES string of the molecule is Cc1ccccc1C(O)c1cnc2[nH]c3ccccc3c2c1. The molecule has 2 aromatic carbocycles. The fourth-order valence-electron chi connectivity index (χ4n) is 2.96. The van der Waals surface area contributed by atoms with Crippen LogP contribution in [0.25, 0.3) is 21.9 Å². The third kappa shape index (κ3) is 1.98. The Labute approximate surface area is 128 Å². The molecule has 1 unspecified atom stereocenters. The highest BCUT2D eigenvalue weighted by atomic mass is 16.3. The number of rotatable bonds is 2. The Morgan fingerprint density at radius 1 is 1.00 bits per heavy atom. The van der Waals surface area contributed by atoms with Gasteiger partial charge in [0.25, 0.3) is 0 Å². The average Bonchev–Trinajstić information content (AvgIpc) is 2.92. The lowest BCUT2D eigenvalue weighted by molar-refractivity contribution is 0.219. The van der Waals surface area contributed by atoms with E-state index in [4.69, 9.17) is 0 Å². The first-order chi connectivity index (χ1) is 10.7. The summed E-state index contributed by atoms with van der Waals surface area (Å²) in [5, 5.41) is 12.9. The van der Waals surface area contributed by atoms with Gasteiger partial charge in [0.1, 0.15) is 11.8 Å². The van der Waals surface area contributed by atoms with Crippen LogP contribution in [0.4, 0.5) is 0 Å². The van der Waals surface area contributed by atoms with Crippen molar-refractivity contribution in [3.63, 3.8) is 0 Å². The summed E-state index contributed by atoms with van der Waals surface area (Å²) in [4.78, 5) is 7.78. The largest absolute Gasteiger partial charge is 0.384 e. The Hall–Kier alpha value is -2.65. The zero-order valence-electron chi connectivity index (χ0n) is 12.2. The summed E-state index contributed by atoms with van der Waals surface area (Å²) in [5.41, 5.74) is 4.72. The van der Waals surface area contributed by atoms with Crippen molar-refractivity contribution in [3.8, 4) is 0 Å². The fourth-order valence-corrected chi connectivity index (χ4v) is 2.96. The number of benzene rings is 2. The molecule has 0 fully saturated rings. The zero-order valence-corrected chi connectivity index (χ0v) is 12.2. The molecule has 22 heavy (non-hydrogen) atoms. The van der Waals surface area contributed by atoms with Gasteiger partial charge in [-0.2, -0.15) is 0 Å². The van der Waals surface area contributed by atoms with Gasteiger partial charge in [0.15, 0.2) is 0 Å². The van der Waals surface area contributed by atoms with Crippen LogP contribution in [-0.4, -0.2) is 15.1 Å². The minimum Gasteiger partial charge on any atom is -0.384 e. The molecule has 0 bridgehead atoms. The number of pyridine rings is 1. The maximum absolute atomic E-state index is 10.7. The van der Waals surface area contributed by atoms with E-state index in [0.717, 1.165) is 38.6 Å². The van der Waals surface area contributed by atoms with Crippen molar-refractivity contribution < 1.29 is 5.11 Å². The molecule has 4 aromatic rings. The van der Waals surface area contributed by atoms with Crippen LogP contribution >= 0.6 is 0 Å². The van der Waals surface area contributed by atoms with Crippen LogP contribution in [0.15, 0.2) is 60.8 Å². The van der Waals surface area contributed by atoms with Gasteiger partial charge in [-0.1, -0.05) is 42.5 Å². The molecule has 2 N–H and O–H groups in total. The van der Waals surface area contributed by atoms with Gasteiger partial charge in [-0.05, 0) is 30.2 Å². The van der Waals surface area contributed by atoms with Gasteiger partial charge in [-0.15, -0.1) is 0 Å². The standard InChI is InChI=1S/C19H16N2O/c1-12-6-2-3-7-14(12)18(22)13-10-16-15-8-4-5-9-17(15)21-19(16)20-11-13/h2-11,18,22H,1H3,(H,20,21). The average molecular weight is 288 g/mol. The van der Waals surface area contributed by atoms with Crippen molar-refractivity contribution in [2.24, 2.45) is 0 Å². The van der Waals surface area contributed by atoms with Gasteiger partial charge in [-0.25, -0.2) is 4.98 Å². The molecule has 0 amide bonds. The van der Waals surface area contributed by atoms with E-state index in [0.29, 0.717) is 0 Å². The first-order valence-electron chi connectivity index (χ1n) is 7.34. The van der Waals surface area contributed by atoms with Crippen molar-refractivity contribution in [3.05, 3.63) is 77.5 Å². The maximum atomic E-state index is 10.7. The second kappa shape index (κ2) is 4.97. The summed E-state index contributed by atoms with van der Waals surface area (Å²) in [6.45, 7) is 2.01. The number of nitrogens with zero attached hydrogens (tertiary/aromatic N) is 1. The van der Waals surface area contributed by atoms with Crippen molar-refractivity contribution in [1.29, 1.82) is 0 Å². The van der Waals surface area contributed by atoms with E-state index in [2.05, 4.69) is 16.0 Å². The van der Waals surface area contributed by atoms with Crippen molar-refractivity contribution in [2.75, 3.05) is 0 Å². The Morgan fingerprint density at radius 3 is 2.64 bits per heavy atom. The summed E-state index contributed by atoms with van der Waals surface area (Å²) in [6, 6.07) is 18.0. The van der Waals surface area contributed by atoms with E-state index in [-0.39, 0.29) is 0 Å². The smallest absolute Gasteiger partial charge is 0.138 e. The third-order valence-corrected chi connectivity index (χ3v) is 4.18. The van der Waals surface area contributed by atoms with Crippen molar-refractivity contribution in [2.45, 2.75) is 13.0 Å². The molecule has 0 aliphatic heterocycles. The van der Waals surface area contributed by atoms with Crippen LogP contribution in [-0.2, 0) is 0 Å². The lowest BCUT2D eigenvalue weighted by Gasteiger charge is -2.13. The molecular weight excluding hydrogens is 272 g/mol. The number of aryl methyl sites for hydroxylation is 1. The number of hydrogen-bond acceptors (Lipinski definition) is 2. The molecule has 2 aromatic heterocycles. The normalized spacial score (nSPS) is 12.8. The second-order valence-corrected chi connectivity index (χ2v) is 5.59. The van der Waals surface area contributed by atoms with Crippen molar-refractivity contribution in [1.82, 2.24) is 9.97 Å². The molecule has 3 heteroatoms. The van der Waals surface area contributed by atoms with Gasteiger partial charge in [0.2, 0.25) is 0 Å². The Balaban J connectivity index is 1.89. The quantitative estimate of drug-likeness (QED) is 0.583. The lowest BCUT2D eigenvalue weighted by Crippen LogP contribution is -2.02. The highest BCUT2D eigenvalue weighted by Crippen LogP contribution is 2.29. The number of nitrogens with one attached hydrogen (secondary N) is 1. The Bertz CT molecular complexity index is 971. The van der Waals surface area contributed by atoms with Gasteiger partial charge in [0.05, 0.1) is 0 Å².